The lowest BCUT2D eigenvalue weighted by atomic mass is 10.4. The van der Waals surface area contributed by atoms with Gasteiger partial charge in [0, 0.05) is 0 Å². The maximum atomic E-state index is 6.81. The predicted molar refractivity (Wildman–Crippen MR) is 124 cm³/mol. The fourth-order valence-corrected chi connectivity index (χ4v) is 23.6. The third-order valence-corrected chi connectivity index (χ3v) is 20.6. The minimum Gasteiger partial charge on any atom is -0.436 e. The van der Waals surface area contributed by atoms with Crippen LogP contribution in [-0.4, -0.2) is 46.8 Å². The molecule has 0 spiro atoms. The molecule has 9 heteroatoms. The van der Waals surface area contributed by atoms with Crippen molar-refractivity contribution in [3.05, 3.63) is 0 Å². The molecule has 5 nitrogen and oxygen atoms in total. The Balaban J connectivity index is 5.15. The molecular weight excluding hydrogens is 393 g/mol. The van der Waals surface area contributed by atoms with Crippen molar-refractivity contribution in [2.75, 3.05) is 13.1 Å². The van der Waals surface area contributed by atoms with E-state index in [1.165, 1.54) is 18.9 Å². The highest BCUT2D eigenvalue weighted by molar-refractivity contribution is 6.89. The Morgan fingerprint density at radius 3 is 1.58 bits per heavy atom. The van der Waals surface area contributed by atoms with Crippen molar-refractivity contribution in [1.82, 2.24) is 0 Å². The molecule has 0 aliphatic carbocycles. The molecule has 0 heterocycles. The summed E-state index contributed by atoms with van der Waals surface area (Å²) in [5.74, 6) is 0. The molecule has 1 unspecified atom stereocenters. The van der Waals surface area contributed by atoms with Gasteiger partial charge in [-0.15, -0.1) is 0 Å². The van der Waals surface area contributed by atoms with Crippen LogP contribution in [0.4, 0.5) is 0 Å². The zero-order chi connectivity index (χ0) is 20.5. The van der Waals surface area contributed by atoms with E-state index in [-0.39, 0.29) is 0 Å². The lowest BCUT2D eigenvalue weighted by Gasteiger charge is -2.42. The second-order valence-corrected chi connectivity index (χ2v) is 25.3. The van der Waals surface area contributed by atoms with Gasteiger partial charge in [-0.05, 0) is 89.9 Å². The first-order valence-electron chi connectivity index (χ1n) is 10.3. The normalized spacial score (nSPS) is 15.9. The summed E-state index contributed by atoms with van der Waals surface area (Å²) in [6.45, 7) is 19.5. The molecular formula is C17H46N2O3Si4. The summed E-state index contributed by atoms with van der Waals surface area (Å²) in [5, 5.41) is 0. The van der Waals surface area contributed by atoms with E-state index in [1.807, 2.05) is 0 Å². The van der Waals surface area contributed by atoms with E-state index in [0.717, 1.165) is 31.5 Å². The van der Waals surface area contributed by atoms with Crippen LogP contribution in [0.2, 0.25) is 64.0 Å². The molecule has 0 rings (SSSR count). The lowest BCUT2D eigenvalue weighted by molar-refractivity contribution is 0.319. The number of unbranched alkanes of at least 4 members (excludes halogenated alkanes) is 1. The molecule has 0 aromatic heterocycles. The topological polar surface area (TPSA) is 79.7 Å². The minimum atomic E-state index is -2.31. The van der Waals surface area contributed by atoms with E-state index in [9.17, 15) is 0 Å². The second-order valence-electron chi connectivity index (χ2n) is 9.25. The number of rotatable bonds is 15. The first-order chi connectivity index (χ1) is 11.8. The molecule has 1 atom stereocenters. The monoisotopic (exact) mass is 438 g/mol. The summed E-state index contributed by atoms with van der Waals surface area (Å²) in [6, 6.07) is 3.23. The van der Waals surface area contributed by atoms with E-state index in [4.69, 9.17) is 23.8 Å². The van der Waals surface area contributed by atoms with Gasteiger partial charge in [-0.1, -0.05) is 19.8 Å². The van der Waals surface area contributed by atoms with Crippen LogP contribution >= 0.6 is 0 Å². The third-order valence-electron chi connectivity index (χ3n) is 4.43. The number of hydrogen-bond acceptors (Lipinski definition) is 5. The maximum Gasteiger partial charge on any atom is 0.315 e. The van der Waals surface area contributed by atoms with Crippen molar-refractivity contribution in [2.24, 2.45) is 11.5 Å². The molecule has 0 saturated carbocycles. The van der Waals surface area contributed by atoms with Gasteiger partial charge >= 0.3 is 17.1 Å². The quantitative estimate of drug-likeness (QED) is 0.362. The molecule has 0 bridgehead atoms. The van der Waals surface area contributed by atoms with Gasteiger partial charge in [-0.2, -0.15) is 0 Å². The molecule has 158 valence electrons. The molecule has 0 saturated heterocycles. The van der Waals surface area contributed by atoms with E-state index in [2.05, 4.69) is 52.8 Å². The zero-order valence-corrected chi connectivity index (χ0v) is 22.7. The van der Waals surface area contributed by atoms with Gasteiger partial charge in [0.05, 0.1) is 0 Å². The van der Waals surface area contributed by atoms with Crippen LogP contribution in [0.15, 0.2) is 0 Å². The van der Waals surface area contributed by atoms with Gasteiger partial charge in [-0.25, -0.2) is 0 Å². The van der Waals surface area contributed by atoms with Crippen molar-refractivity contribution in [1.29, 1.82) is 0 Å². The smallest absolute Gasteiger partial charge is 0.315 e. The summed E-state index contributed by atoms with van der Waals surface area (Å²) in [6.07, 6.45) is 4.43. The summed E-state index contributed by atoms with van der Waals surface area (Å²) in [7, 11) is -8.06. The van der Waals surface area contributed by atoms with Crippen molar-refractivity contribution in [2.45, 2.75) is 96.6 Å². The Labute approximate surface area is 167 Å². The van der Waals surface area contributed by atoms with Gasteiger partial charge < -0.3 is 23.8 Å². The summed E-state index contributed by atoms with van der Waals surface area (Å²) < 4.78 is 20.2. The van der Waals surface area contributed by atoms with Crippen LogP contribution in [0, 0.1) is 0 Å². The first-order valence-corrected chi connectivity index (χ1v) is 21.9. The van der Waals surface area contributed by atoms with E-state index >= 15 is 0 Å². The Hall–Kier alpha value is 0.668. The fraction of sp³-hybridized carbons (Fsp3) is 1.00. The van der Waals surface area contributed by atoms with Crippen LogP contribution in [0.1, 0.15) is 32.6 Å². The van der Waals surface area contributed by atoms with Crippen LogP contribution in [0.5, 0.6) is 0 Å². The SMILES string of the molecule is CCCC[Si](C)(C)O[Si](C)(CCCN)O[Si](C)(C)O[Si](C)(C)CCCN. The maximum absolute atomic E-state index is 6.81. The van der Waals surface area contributed by atoms with E-state index in [1.54, 1.807) is 0 Å². The molecule has 26 heavy (non-hydrogen) atoms. The van der Waals surface area contributed by atoms with Gasteiger partial charge in [0.2, 0.25) is 0 Å². The highest BCUT2D eigenvalue weighted by Crippen LogP contribution is 2.30. The van der Waals surface area contributed by atoms with Gasteiger partial charge in [-0.3, -0.25) is 0 Å². The van der Waals surface area contributed by atoms with Crippen molar-refractivity contribution >= 4 is 33.8 Å². The average molecular weight is 439 g/mol. The minimum absolute atomic E-state index is 0.686. The highest BCUT2D eigenvalue weighted by Gasteiger charge is 2.45. The van der Waals surface area contributed by atoms with Gasteiger partial charge in [0.15, 0.2) is 16.6 Å². The largest absolute Gasteiger partial charge is 0.436 e. The molecule has 0 amide bonds. The standard InChI is InChI=1S/C17H46N2O3Si4/c1-9-10-15-24(4,5)21-26(8,17-12-14-19)22-25(6,7)20-23(2,3)16-11-13-18/h9-19H2,1-8H3. The van der Waals surface area contributed by atoms with Crippen LogP contribution in [0.3, 0.4) is 0 Å². The van der Waals surface area contributed by atoms with E-state index in [0.29, 0.717) is 6.54 Å². The second kappa shape index (κ2) is 11.6. The fourth-order valence-electron chi connectivity index (χ4n) is 3.57. The molecule has 4 N–H and O–H groups in total. The molecule has 0 radical (unpaired) electrons. The number of hydrogen-bond donors (Lipinski definition) is 2. The van der Waals surface area contributed by atoms with Crippen LogP contribution in [-0.2, 0) is 12.3 Å². The van der Waals surface area contributed by atoms with E-state index < -0.39 is 33.8 Å². The van der Waals surface area contributed by atoms with Crippen molar-refractivity contribution in [3.8, 4) is 0 Å². The average Bonchev–Trinajstić information content (AvgIpc) is 2.46. The van der Waals surface area contributed by atoms with Crippen molar-refractivity contribution < 1.29 is 12.3 Å². The first kappa shape index (κ1) is 26.7. The Bertz CT molecular complexity index is 398. The molecule has 0 fully saturated rings. The number of nitrogens with two attached hydrogens (primary N) is 2. The summed E-state index contributed by atoms with van der Waals surface area (Å²) >= 11 is 0. The Morgan fingerprint density at radius 2 is 1.08 bits per heavy atom. The zero-order valence-electron chi connectivity index (χ0n) is 18.7. The summed E-state index contributed by atoms with van der Waals surface area (Å²) in [5.41, 5.74) is 11.5. The molecule has 0 aliphatic heterocycles. The van der Waals surface area contributed by atoms with Crippen LogP contribution < -0.4 is 11.5 Å². The Kier molecular flexibility index (Phi) is 11.9. The molecule has 0 aromatic carbocycles. The third kappa shape index (κ3) is 12.2. The van der Waals surface area contributed by atoms with Gasteiger partial charge in [0.25, 0.3) is 0 Å². The predicted octanol–water partition coefficient (Wildman–Crippen LogP) is 4.72. The molecule has 0 aliphatic rings. The van der Waals surface area contributed by atoms with Gasteiger partial charge in [0.1, 0.15) is 0 Å². The summed E-state index contributed by atoms with van der Waals surface area (Å²) in [4.78, 5) is 0. The highest BCUT2D eigenvalue weighted by atomic mass is 28.5. The van der Waals surface area contributed by atoms with Crippen LogP contribution in [0.25, 0.3) is 0 Å². The lowest BCUT2D eigenvalue weighted by Crippen LogP contribution is -2.57. The van der Waals surface area contributed by atoms with Crippen molar-refractivity contribution in [3.63, 3.8) is 0 Å². The molecule has 0 aromatic rings. The Morgan fingerprint density at radius 1 is 0.615 bits per heavy atom.